The van der Waals surface area contributed by atoms with E-state index in [0.717, 1.165) is 5.56 Å². The van der Waals surface area contributed by atoms with E-state index in [1.807, 2.05) is 13.8 Å². The van der Waals surface area contributed by atoms with Crippen LogP contribution in [0.3, 0.4) is 0 Å². The molecule has 0 unspecified atom stereocenters. The highest BCUT2D eigenvalue weighted by Crippen LogP contribution is 2.12. The number of nitrogens with one attached hydrogen (secondary N) is 4. The van der Waals surface area contributed by atoms with Crippen molar-refractivity contribution in [1.82, 2.24) is 15.4 Å². The molecule has 4 N–H and O–H groups in total. The molecule has 0 atom stereocenters. The molecule has 3 amide bonds. The zero-order valence-corrected chi connectivity index (χ0v) is 17.5. The van der Waals surface area contributed by atoms with Gasteiger partial charge in [-0.25, -0.2) is 17.9 Å². The van der Waals surface area contributed by atoms with E-state index in [0.29, 0.717) is 24.3 Å². The maximum Gasteiger partial charge on any atom is 0.319 e. The standard InChI is InChI=1S/C20H26N4O4S/c1-4-22-29(27,28)18-11-7-16(8-12-18)19(25)21-13-15-5-9-17(10-6-15)24-20(26)23-14(2)3/h5-12,14,22H,4,13H2,1-3H3,(H,21,25)(H2,23,24,26). The Kier molecular flexibility index (Phi) is 7.74. The minimum absolute atomic E-state index is 0.0431. The van der Waals surface area contributed by atoms with Crippen LogP contribution in [0.25, 0.3) is 0 Å². The summed E-state index contributed by atoms with van der Waals surface area (Å²) in [5.41, 5.74) is 1.87. The average Bonchev–Trinajstić information content (AvgIpc) is 2.66. The topological polar surface area (TPSA) is 116 Å². The highest BCUT2D eigenvalue weighted by atomic mass is 32.2. The average molecular weight is 419 g/mol. The quantitative estimate of drug-likeness (QED) is 0.527. The molecule has 0 saturated heterocycles. The van der Waals surface area contributed by atoms with Crippen molar-refractivity contribution in [3.05, 3.63) is 59.7 Å². The molecule has 2 aromatic carbocycles. The second-order valence-corrected chi connectivity index (χ2v) is 8.43. The van der Waals surface area contributed by atoms with Gasteiger partial charge in [0, 0.05) is 30.4 Å². The van der Waals surface area contributed by atoms with Crippen LogP contribution in [0.2, 0.25) is 0 Å². The molecule has 2 rings (SSSR count). The van der Waals surface area contributed by atoms with Crippen LogP contribution in [-0.2, 0) is 16.6 Å². The molecule has 0 bridgehead atoms. The van der Waals surface area contributed by atoms with Crippen LogP contribution >= 0.6 is 0 Å². The van der Waals surface area contributed by atoms with Crippen LogP contribution in [0.15, 0.2) is 53.4 Å². The van der Waals surface area contributed by atoms with Gasteiger partial charge in [0.2, 0.25) is 10.0 Å². The Labute approximate surface area is 171 Å². The minimum Gasteiger partial charge on any atom is -0.348 e. The smallest absolute Gasteiger partial charge is 0.319 e. The summed E-state index contributed by atoms with van der Waals surface area (Å²) >= 11 is 0. The van der Waals surface area contributed by atoms with Gasteiger partial charge in [0.1, 0.15) is 0 Å². The third kappa shape index (κ3) is 6.88. The zero-order chi connectivity index (χ0) is 21.4. The normalized spacial score (nSPS) is 11.2. The second-order valence-electron chi connectivity index (χ2n) is 6.66. The Morgan fingerprint density at radius 1 is 0.966 bits per heavy atom. The Balaban J connectivity index is 1.91. The van der Waals surface area contributed by atoms with Crippen molar-refractivity contribution in [2.24, 2.45) is 0 Å². The number of anilines is 1. The largest absolute Gasteiger partial charge is 0.348 e. The predicted molar refractivity (Wildman–Crippen MR) is 112 cm³/mol. The van der Waals surface area contributed by atoms with Crippen molar-refractivity contribution in [2.45, 2.75) is 38.3 Å². The molecular formula is C20H26N4O4S. The maximum absolute atomic E-state index is 12.3. The lowest BCUT2D eigenvalue weighted by Gasteiger charge is -2.11. The third-order valence-corrected chi connectivity index (χ3v) is 5.41. The van der Waals surface area contributed by atoms with Crippen LogP contribution < -0.4 is 20.7 Å². The molecule has 0 fully saturated rings. The van der Waals surface area contributed by atoms with Gasteiger partial charge in [0.15, 0.2) is 0 Å². The third-order valence-electron chi connectivity index (χ3n) is 3.85. The first-order valence-corrected chi connectivity index (χ1v) is 10.7. The van der Waals surface area contributed by atoms with E-state index in [1.165, 1.54) is 24.3 Å². The number of rotatable bonds is 8. The first-order chi connectivity index (χ1) is 13.7. The molecule has 156 valence electrons. The fourth-order valence-electron chi connectivity index (χ4n) is 2.48. The van der Waals surface area contributed by atoms with E-state index in [-0.39, 0.29) is 22.9 Å². The van der Waals surface area contributed by atoms with Crippen LogP contribution in [-0.4, -0.2) is 32.9 Å². The Morgan fingerprint density at radius 3 is 2.14 bits per heavy atom. The molecule has 0 aromatic heterocycles. The second kappa shape index (κ2) is 10.0. The molecule has 0 aliphatic heterocycles. The SMILES string of the molecule is CCNS(=O)(=O)c1ccc(C(=O)NCc2ccc(NC(=O)NC(C)C)cc2)cc1. The molecule has 0 aliphatic rings. The number of benzene rings is 2. The van der Waals surface area contributed by atoms with Crippen LogP contribution in [0.5, 0.6) is 0 Å². The highest BCUT2D eigenvalue weighted by Gasteiger charge is 2.13. The number of hydrogen-bond donors (Lipinski definition) is 4. The summed E-state index contributed by atoms with van der Waals surface area (Å²) in [6, 6.07) is 12.6. The lowest BCUT2D eigenvalue weighted by Crippen LogP contribution is -2.34. The number of amides is 3. The fourth-order valence-corrected chi connectivity index (χ4v) is 3.52. The summed E-state index contributed by atoms with van der Waals surface area (Å²) in [7, 11) is -3.54. The van der Waals surface area contributed by atoms with Crippen LogP contribution in [0.4, 0.5) is 10.5 Å². The molecule has 2 aromatic rings. The highest BCUT2D eigenvalue weighted by molar-refractivity contribution is 7.89. The van der Waals surface area contributed by atoms with E-state index >= 15 is 0 Å². The Bertz CT molecular complexity index is 939. The summed E-state index contributed by atoms with van der Waals surface area (Å²) in [6.07, 6.45) is 0. The van der Waals surface area contributed by atoms with Crippen molar-refractivity contribution < 1.29 is 18.0 Å². The minimum atomic E-state index is -3.54. The van der Waals surface area contributed by atoms with Crippen molar-refractivity contribution in [3.63, 3.8) is 0 Å². The van der Waals surface area contributed by atoms with Gasteiger partial charge in [-0.3, -0.25) is 4.79 Å². The van der Waals surface area contributed by atoms with Gasteiger partial charge in [-0.15, -0.1) is 0 Å². The summed E-state index contributed by atoms with van der Waals surface area (Å²) < 4.78 is 26.3. The van der Waals surface area contributed by atoms with Crippen molar-refractivity contribution in [3.8, 4) is 0 Å². The summed E-state index contributed by atoms with van der Waals surface area (Å²) in [5.74, 6) is -0.309. The van der Waals surface area contributed by atoms with Crippen molar-refractivity contribution in [2.75, 3.05) is 11.9 Å². The lowest BCUT2D eigenvalue weighted by atomic mass is 10.2. The van der Waals surface area contributed by atoms with E-state index in [9.17, 15) is 18.0 Å². The first-order valence-electron chi connectivity index (χ1n) is 9.25. The molecule has 0 spiro atoms. The molecule has 0 saturated carbocycles. The van der Waals surface area contributed by atoms with E-state index in [2.05, 4.69) is 20.7 Å². The Morgan fingerprint density at radius 2 is 1.59 bits per heavy atom. The maximum atomic E-state index is 12.3. The van der Waals surface area contributed by atoms with Crippen molar-refractivity contribution >= 4 is 27.6 Å². The summed E-state index contributed by atoms with van der Waals surface area (Å²) in [5, 5.41) is 8.24. The monoisotopic (exact) mass is 418 g/mol. The first kappa shape index (κ1) is 22.4. The molecule has 29 heavy (non-hydrogen) atoms. The van der Waals surface area contributed by atoms with Gasteiger partial charge >= 0.3 is 6.03 Å². The fraction of sp³-hybridized carbons (Fsp3) is 0.300. The number of urea groups is 1. The molecule has 0 heterocycles. The summed E-state index contributed by atoms with van der Waals surface area (Å²) in [4.78, 5) is 24.1. The summed E-state index contributed by atoms with van der Waals surface area (Å²) in [6.45, 7) is 6.04. The molecule has 9 heteroatoms. The molecule has 0 radical (unpaired) electrons. The van der Waals surface area contributed by atoms with Gasteiger partial charge in [-0.2, -0.15) is 0 Å². The molecule has 0 aliphatic carbocycles. The number of carbonyl (C=O) groups is 2. The molecule has 8 nitrogen and oxygen atoms in total. The Hall–Kier alpha value is -2.91. The number of sulfonamides is 1. The number of hydrogen-bond acceptors (Lipinski definition) is 4. The zero-order valence-electron chi connectivity index (χ0n) is 16.7. The molecular weight excluding hydrogens is 392 g/mol. The van der Waals surface area contributed by atoms with E-state index < -0.39 is 10.0 Å². The number of carbonyl (C=O) groups excluding carboxylic acids is 2. The van der Waals surface area contributed by atoms with Gasteiger partial charge in [0.05, 0.1) is 4.90 Å². The van der Waals surface area contributed by atoms with E-state index in [4.69, 9.17) is 0 Å². The van der Waals surface area contributed by atoms with Gasteiger partial charge in [0.25, 0.3) is 5.91 Å². The lowest BCUT2D eigenvalue weighted by molar-refractivity contribution is 0.0950. The van der Waals surface area contributed by atoms with Gasteiger partial charge < -0.3 is 16.0 Å². The van der Waals surface area contributed by atoms with Crippen molar-refractivity contribution in [1.29, 1.82) is 0 Å². The van der Waals surface area contributed by atoms with Crippen LogP contribution in [0.1, 0.15) is 36.7 Å². The van der Waals surface area contributed by atoms with Crippen LogP contribution in [0, 0.1) is 0 Å². The van der Waals surface area contributed by atoms with Gasteiger partial charge in [-0.1, -0.05) is 19.1 Å². The van der Waals surface area contributed by atoms with E-state index in [1.54, 1.807) is 31.2 Å². The predicted octanol–water partition coefficient (Wildman–Crippen LogP) is 2.44. The van der Waals surface area contributed by atoms with Gasteiger partial charge in [-0.05, 0) is 55.8 Å².